The van der Waals surface area contributed by atoms with Crippen LogP contribution in [-0.4, -0.2) is 20.9 Å². The lowest BCUT2D eigenvalue weighted by atomic mass is 10.2. The maximum atomic E-state index is 12.7. The molecule has 2 aromatic heterocycles. The largest absolute Gasteiger partial charge is 0.305 e. The number of nitrogens with zero attached hydrogens (tertiary/aromatic N) is 3. The third-order valence-electron chi connectivity index (χ3n) is 1.79. The van der Waals surface area contributed by atoms with E-state index in [1.165, 1.54) is 30.9 Å². The van der Waals surface area contributed by atoms with E-state index in [4.69, 9.17) is 0 Å². The molecule has 1 N–H and O–H groups in total. The molecule has 0 aliphatic carbocycles. The van der Waals surface area contributed by atoms with Gasteiger partial charge in [-0.25, -0.2) is 9.97 Å². The van der Waals surface area contributed by atoms with Gasteiger partial charge in [-0.15, -0.1) is 0 Å². The highest BCUT2D eigenvalue weighted by molar-refractivity contribution is 6.03. The molecule has 2 rings (SSSR count). The quantitative estimate of drug-likeness (QED) is 0.770. The van der Waals surface area contributed by atoms with Gasteiger partial charge in [0.05, 0.1) is 6.20 Å². The molecule has 0 bridgehead atoms. The zero-order valence-electron chi connectivity index (χ0n) is 8.09. The molecule has 0 unspecified atom stereocenters. The first-order valence-electron chi connectivity index (χ1n) is 4.44. The van der Waals surface area contributed by atoms with E-state index in [1.807, 2.05) is 0 Å². The number of halogens is 1. The van der Waals surface area contributed by atoms with Gasteiger partial charge in [0.15, 0.2) is 5.82 Å². The van der Waals surface area contributed by atoms with Crippen LogP contribution in [0.3, 0.4) is 0 Å². The number of aromatic nitrogens is 3. The van der Waals surface area contributed by atoms with E-state index in [-0.39, 0.29) is 5.56 Å². The van der Waals surface area contributed by atoms with Crippen molar-refractivity contribution in [1.29, 1.82) is 0 Å². The number of hydrogen-bond donors (Lipinski definition) is 1. The minimum absolute atomic E-state index is 0.179. The molecular weight excluding hydrogens is 211 g/mol. The predicted molar refractivity (Wildman–Crippen MR) is 54.2 cm³/mol. The molecule has 16 heavy (non-hydrogen) atoms. The third-order valence-corrected chi connectivity index (χ3v) is 1.79. The summed E-state index contributed by atoms with van der Waals surface area (Å²) in [6, 6.07) is 2.46. The predicted octanol–water partition coefficient (Wildman–Crippen LogP) is 1.26. The highest BCUT2D eigenvalue weighted by Gasteiger charge is 2.07. The smallest absolute Gasteiger partial charge is 0.257 e. The molecular formula is C10H7FN4O. The molecule has 5 nitrogen and oxygen atoms in total. The van der Waals surface area contributed by atoms with Crippen molar-refractivity contribution in [3.63, 3.8) is 0 Å². The number of anilines is 1. The number of nitrogens with one attached hydrogen (secondary N) is 1. The Morgan fingerprint density at radius 3 is 2.81 bits per heavy atom. The monoisotopic (exact) mass is 218 g/mol. The third kappa shape index (κ3) is 2.35. The SMILES string of the molecule is O=C(Nc1cnccn1)c1ccnc(F)c1. The van der Waals surface area contributed by atoms with Gasteiger partial charge < -0.3 is 5.32 Å². The van der Waals surface area contributed by atoms with E-state index in [9.17, 15) is 9.18 Å². The number of amides is 1. The number of carbonyl (C=O) groups is 1. The molecule has 80 valence electrons. The second-order valence-electron chi connectivity index (χ2n) is 2.91. The van der Waals surface area contributed by atoms with E-state index in [2.05, 4.69) is 20.3 Å². The summed E-state index contributed by atoms with van der Waals surface area (Å²) in [6.07, 6.45) is 5.56. The number of hydrogen-bond acceptors (Lipinski definition) is 4. The van der Waals surface area contributed by atoms with Crippen LogP contribution in [0, 0.1) is 5.95 Å². The van der Waals surface area contributed by atoms with Gasteiger partial charge in [0.25, 0.3) is 5.91 Å². The van der Waals surface area contributed by atoms with E-state index in [0.717, 1.165) is 6.07 Å². The van der Waals surface area contributed by atoms with Crippen molar-refractivity contribution < 1.29 is 9.18 Å². The number of carbonyl (C=O) groups excluding carboxylic acids is 1. The Bertz CT molecular complexity index is 503. The molecule has 0 saturated carbocycles. The molecule has 0 radical (unpaired) electrons. The van der Waals surface area contributed by atoms with Crippen LogP contribution in [0.2, 0.25) is 0 Å². The molecule has 2 heterocycles. The van der Waals surface area contributed by atoms with E-state index in [0.29, 0.717) is 5.82 Å². The fourth-order valence-corrected chi connectivity index (χ4v) is 1.10. The summed E-state index contributed by atoms with van der Waals surface area (Å²) < 4.78 is 12.7. The van der Waals surface area contributed by atoms with Crippen molar-refractivity contribution in [2.24, 2.45) is 0 Å². The van der Waals surface area contributed by atoms with E-state index < -0.39 is 11.9 Å². The maximum absolute atomic E-state index is 12.7. The Kier molecular flexibility index (Phi) is 2.81. The van der Waals surface area contributed by atoms with Crippen molar-refractivity contribution in [2.45, 2.75) is 0 Å². The second-order valence-corrected chi connectivity index (χ2v) is 2.91. The molecule has 0 aliphatic rings. The van der Waals surface area contributed by atoms with Crippen LogP contribution >= 0.6 is 0 Å². The summed E-state index contributed by atoms with van der Waals surface area (Å²) in [5.74, 6) is -0.849. The Morgan fingerprint density at radius 2 is 2.12 bits per heavy atom. The zero-order valence-corrected chi connectivity index (χ0v) is 8.09. The maximum Gasteiger partial charge on any atom is 0.257 e. The number of pyridine rings is 1. The fraction of sp³-hybridized carbons (Fsp3) is 0. The Balaban J connectivity index is 2.15. The van der Waals surface area contributed by atoms with Gasteiger partial charge in [-0.3, -0.25) is 9.78 Å². The van der Waals surface area contributed by atoms with Crippen molar-refractivity contribution in [2.75, 3.05) is 5.32 Å². The normalized spacial score (nSPS) is 9.81. The highest BCUT2D eigenvalue weighted by Crippen LogP contribution is 2.04. The molecule has 0 fully saturated rings. The van der Waals surface area contributed by atoms with Crippen molar-refractivity contribution >= 4 is 11.7 Å². The van der Waals surface area contributed by atoms with Gasteiger partial charge in [-0.05, 0) is 6.07 Å². The summed E-state index contributed by atoms with van der Waals surface area (Å²) in [5.41, 5.74) is 0.179. The standard InChI is InChI=1S/C10H7FN4O/c11-8-5-7(1-2-13-8)10(16)15-9-6-12-3-4-14-9/h1-6H,(H,14,15,16). The van der Waals surface area contributed by atoms with Crippen molar-refractivity contribution in [3.8, 4) is 0 Å². The molecule has 0 spiro atoms. The zero-order chi connectivity index (χ0) is 11.4. The molecule has 0 aromatic carbocycles. The van der Waals surface area contributed by atoms with Gasteiger partial charge in [0.2, 0.25) is 5.95 Å². The minimum Gasteiger partial charge on any atom is -0.305 e. The van der Waals surface area contributed by atoms with Crippen LogP contribution in [0.1, 0.15) is 10.4 Å². The van der Waals surface area contributed by atoms with Crippen LogP contribution in [0.25, 0.3) is 0 Å². The van der Waals surface area contributed by atoms with Gasteiger partial charge >= 0.3 is 0 Å². The summed E-state index contributed by atoms with van der Waals surface area (Å²) in [5, 5.41) is 2.48. The lowest BCUT2D eigenvalue weighted by molar-refractivity contribution is 0.102. The molecule has 0 atom stereocenters. The first kappa shape index (κ1) is 10.2. The minimum atomic E-state index is -0.702. The topological polar surface area (TPSA) is 67.8 Å². The van der Waals surface area contributed by atoms with E-state index in [1.54, 1.807) is 0 Å². The average Bonchev–Trinajstić information content (AvgIpc) is 2.30. The highest BCUT2D eigenvalue weighted by atomic mass is 19.1. The van der Waals surface area contributed by atoms with Gasteiger partial charge in [0, 0.05) is 30.2 Å². The summed E-state index contributed by atoms with van der Waals surface area (Å²) in [6.45, 7) is 0. The second kappa shape index (κ2) is 4.43. The lowest BCUT2D eigenvalue weighted by Gasteiger charge is -2.02. The van der Waals surface area contributed by atoms with Gasteiger partial charge in [-0.1, -0.05) is 0 Å². The van der Waals surface area contributed by atoms with Crippen LogP contribution in [-0.2, 0) is 0 Å². The van der Waals surface area contributed by atoms with Gasteiger partial charge in [0.1, 0.15) is 0 Å². The number of rotatable bonds is 2. The molecule has 0 saturated heterocycles. The van der Waals surface area contributed by atoms with Crippen LogP contribution < -0.4 is 5.32 Å². The van der Waals surface area contributed by atoms with Crippen molar-refractivity contribution in [3.05, 3.63) is 48.4 Å². The molecule has 0 aliphatic heterocycles. The van der Waals surface area contributed by atoms with Gasteiger partial charge in [-0.2, -0.15) is 4.39 Å². The first-order valence-corrected chi connectivity index (χ1v) is 4.44. The molecule has 6 heteroatoms. The Hall–Kier alpha value is -2.37. The molecule has 2 aromatic rings. The average molecular weight is 218 g/mol. The Labute approximate surface area is 90.4 Å². The van der Waals surface area contributed by atoms with E-state index >= 15 is 0 Å². The summed E-state index contributed by atoms with van der Waals surface area (Å²) in [7, 11) is 0. The van der Waals surface area contributed by atoms with Crippen LogP contribution in [0.4, 0.5) is 10.2 Å². The lowest BCUT2D eigenvalue weighted by Crippen LogP contribution is -2.13. The molecule has 1 amide bonds. The first-order chi connectivity index (χ1) is 7.75. The van der Waals surface area contributed by atoms with Crippen LogP contribution in [0.5, 0.6) is 0 Å². The fourth-order valence-electron chi connectivity index (χ4n) is 1.10. The van der Waals surface area contributed by atoms with Crippen LogP contribution in [0.15, 0.2) is 36.9 Å². The van der Waals surface area contributed by atoms with Crippen molar-refractivity contribution in [1.82, 2.24) is 15.0 Å². The summed E-state index contributed by atoms with van der Waals surface area (Å²) >= 11 is 0. The summed E-state index contributed by atoms with van der Waals surface area (Å²) in [4.78, 5) is 22.6. The Morgan fingerprint density at radius 1 is 1.25 bits per heavy atom.